The van der Waals surface area contributed by atoms with Crippen molar-refractivity contribution in [1.29, 1.82) is 0 Å². The lowest BCUT2D eigenvalue weighted by Gasteiger charge is -2.08. The highest BCUT2D eigenvalue weighted by Gasteiger charge is 2.25. The number of fused-ring (bicyclic) bond motifs is 1. The smallest absolute Gasteiger partial charge is 0.160 e. The summed E-state index contributed by atoms with van der Waals surface area (Å²) in [7, 11) is 2.11. The van der Waals surface area contributed by atoms with Gasteiger partial charge in [-0.2, -0.15) is 0 Å². The van der Waals surface area contributed by atoms with Crippen molar-refractivity contribution >= 4 is 11.9 Å². The van der Waals surface area contributed by atoms with Gasteiger partial charge in [0.2, 0.25) is 0 Å². The Labute approximate surface area is 99.1 Å². The van der Waals surface area contributed by atoms with E-state index in [1.807, 2.05) is 16.7 Å². The molecule has 0 N–H and O–H groups in total. The van der Waals surface area contributed by atoms with Gasteiger partial charge in [-0.3, -0.25) is 9.20 Å². The summed E-state index contributed by atoms with van der Waals surface area (Å²) in [6, 6.07) is 3.60. The van der Waals surface area contributed by atoms with Crippen LogP contribution in [0.4, 0.5) is 0 Å². The Morgan fingerprint density at radius 1 is 1.41 bits per heavy atom. The summed E-state index contributed by atoms with van der Waals surface area (Å²) in [4.78, 5) is 13.1. The maximum atomic E-state index is 10.8. The first-order chi connectivity index (χ1) is 8.28. The average Bonchev–Trinajstić information content (AvgIpc) is 2.93. The van der Waals surface area contributed by atoms with Crippen LogP contribution in [-0.4, -0.2) is 45.9 Å². The van der Waals surface area contributed by atoms with E-state index in [2.05, 4.69) is 22.1 Å². The Balaban J connectivity index is 2.07. The van der Waals surface area contributed by atoms with Crippen molar-refractivity contribution < 1.29 is 4.79 Å². The number of likely N-dealkylation sites (N-methyl/N-ethyl adjacent to an activating group) is 1. The molecule has 2 aromatic heterocycles. The van der Waals surface area contributed by atoms with Crippen LogP contribution in [0.15, 0.2) is 18.3 Å². The first-order valence-electron chi connectivity index (χ1n) is 5.76. The second kappa shape index (κ2) is 3.92. The maximum absolute atomic E-state index is 10.8. The molecular formula is C12H14N4O. The number of hydrogen-bond donors (Lipinski definition) is 0. The van der Waals surface area contributed by atoms with Gasteiger partial charge in [0, 0.05) is 24.2 Å². The van der Waals surface area contributed by atoms with E-state index in [9.17, 15) is 4.79 Å². The second-order valence-corrected chi connectivity index (χ2v) is 4.61. The molecule has 3 heterocycles. The van der Waals surface area contributed by atoms with Crippen LogP contribution in [0.3, 0.4) is 0 Å². The minimum absolute atomic E-state index is 0.414. The maximum Gasteiger partial charge on any atom is 0.160 e. The number of rotatable bonds is 2. The zero-order valence-electron chi connectivity index (χ0n) is 9.71. The first-order valence-corrected chi connectivity index (χ1v) is 5.76. The van der Waals surface area contributed by atoms with E-state index in [-0.39, 0.29) is 0 Å². The highest BCUT2D eigenvalue weighted by molar-refractivity contribution is 5.74. The molecule has 0 aliphatic carbocycles. The number of carbonyl (C=O) groups excluding carboxylic acids is 1. The van der Waals surface area contributed by atoms with Crippen molar-refractivity contribution in [2.45, 2.75) is 12.3 Å². The van der Waals surface area contributed by atoms with Crippen molar-refractivity contribution in [3.63, 3.8) is 0 Å². The Morgan fingerprint density at radius 3 is 3.00 bits per heavy atom. The van der Waals surface area contributed by atoms with E-state index in [4.69, 9.17) is 0 Å². The van der Waals surface area contributed by atoms with Crippen molar-refractivity contribution in [3.05, 3.63) is 29.7 Å². The van der Waals surface area contributed by atoms with Gasteiger partial charge in [0.15, 0.2) is 11.9 Å². The molecular weight excluding hydrogens is 216 g/mol. The van der Waals surface area contributed by atoms with E-state index >= 15 is 0 Å². The Kier molecular flexibility index (Phi) is 2.40. The molecule has 1 unspecified atom stereocenters. The predicted molar refractivity (Wildman–Crippen MR) is 63.2 cm³/mol. The zero-order valence-corrected chi connectivity index (χ0v) is 9.71. The predicted octanol–water partition coefficient (Wildman–Crippen LogP) is 0.961. The van der Waals surface area contributed by atoms with Crippen LogP contribution < -0.4 is 0 Å². The highest BCUT2D eigenvalue weighted by atomic mass is 16.1. The molecule has 0 amide bonds. The van der Waals surface area contributed by atoms with Gasteiger partial charge in [0.25, 0.3) is 0 Å². The summed E-state index contributed by atoms with van der Waals surface area (Å²) < 4.78 is 1.94. The summed E-state index contributed by atoms with van der Waals surface area (Å²) in [5, 5.41) is 8.40. The molecule has 0 radical (unpaired) electrons. The summed E-state index contributed by atoms with van der Waals surface area (Å²) >= 11 is 0. The fraction of sp³-hybridized carbons (Fsp3) is 0.417. The number of aromatic nitrogens is 3. The molecule has 1 saturated heterocycles. The summed E-state index contributed by atoms with van der Waals surface area (Å²) in [6.45, 7) is 2.10. The molecule has 0 saturated carbocycles. The molecule has 0 aromatic carbocycles. The van der Waals surface area contributed by atoms with Gasteiger partial charge >= 0.3 is 0 Å². The van der Waals surface area contributed by atoms with Crippen LogP contribution in [0, 0.1) is 0 Å². The van der Waals surface area contributed by atoms with Crippen LogP contribution in [0.5, 0.6) is 0 Å². The topological polar surface area (TPSA) is 50.5 Å². The van der Waals surface area contributed by atoms with Crippen LogP contribution in [0.1, 0.15) is 28.5 Å². The second-order valence-electron chi connectivity index (χ2n) is 4.61. The summed E-state index contributed by atoms with van der Waals surface area (Å²) in [5.41, 5.74) is 1.46. The average molecular weight is 230 g/mol. The lowest BCUT2D eigenvalue weighted by atomic mass is 10.1. The third kappa shape index (κ3) is 1.72. The Morgan fingerprint density at radius 2 is 2.29 bits per heavy atom. The van der Waals surface area contributed by atoms with E-state index < -0.39 is 0 Å². The van der Waals surface area contributed by atoms with Gasteiger partial charge in [-0.25, -0.2) is 0 Å². The molecule has 5 nitrogen and oxygen atoms in total. The molecule has 3 rings (SSSR count). The molecule has 5 heteroatoms. The number of aldehydes is 1. The minimum atomic E-state index is 0.414. The highest BCUT2D eigenvalue weighted by Crippen LogP contribution is 2.25. The molecule has 1 fully saturated rings. The number of nitrogens with zero attached hydrogens (tertiary/aromatic N) is 4. The number of pyridine rings is 1. The normalized spacial score (nSPS) is 21.1. The molecule has 17 heavy (non-hydrogen) atoms. The van der Waals surface area contributed by atoms with Crippen molar-refractivity contribution in [2.24, 2.45) is 0 Å². The van der Waals surface area contributed by atoms with E-state index in [1.54, 1.807) is 6.07 Å². The number of carbonyl (C=O) groups is 1. The van der Waals surface area contributed by atoms with Crippen molar-refractivity contribution in [1.82, 2.24) is 19.5 Å². The molecule has 0 spiro atoms. The van der Waals surface area contributed by atoms with Gasteiger partial charge in [-0.15, -0.1) is 10.2 Å². The third-order valence-electron chi connectivity index (χ3n) is 3.34. The van der Waals surface area contributed by atoms with Gasteiger partial charge in [0.05, 0.1) is 0 Å². The molecule has 0 bridgehead atoms. The van der Waals surface area contributed by atoms with Crippen molar-refractivity contribution in [2.75, 3.05) is 20.1 Å². The number of hydrogen-bond acceptors (Lipinski definition) is 4. The van der Waals surface area contributed by atoms with Gasteiger partial charge in [0.1, 0.15) is 5.82 Å². The van der Waals surface area contributed by atoms with Crippen LogP contribution in [0.2, 0.25) is 0 Å². The van der Waals surface area contributed by atoms with E-state index in [0.29, 0.717) is 11.5 Å². The fourth-order valence-electron chi connectivity index (χ4n) is 2.42. The molecule has 1 aliphatic heterocycles. The minimum Gasteiger partial charge on any atom is -0.306 e. The monoisotopic (exact) mass is 230 g/mol. The van der Waals surface area contributed by atoms with Crippen molar-refractivity contribution in [3.8, 4) is 0 Å². The summed E-state index contributed by atoms with van der Waals surface area (Å²) in [6.07, 6.45) is 3.77. The van der Waals surface area contributed by atoms with Gasteiger partial charge in [-0.1, -0.05) is 0 Å². The SMILES string of the molecule is CN1CCC(c2nnc3ccc(C=O)cn23)C1. The Bertz CT molecular complexity index is 563. The molecule has 88 valence electrons. The number of likely N-dealkylation sites (tertiary alicyclic amines) is 1. The van der Waals surface area contributed by atoms with Crippen LogP contribution >= 0.6 is 0 Å². The lowest BCUT2D eigenvalue weighted by molar-refractivity contribution is 0.112. The van der Waals surface area contributed by atoms with Gasteiger partial charge < -0.3 is 4.90 Å². The first kappa shape index (κ1) is 10.4. The zero-order chi connectivity index (χ0) is 11.8. The molecule has 1 atom stereocenters. The van der Waals surface area contributed by atoms with E-state index in [1.165, 1.54) is 0 Å². The standard InChI is InChI=1S/C12H14N4O/c1-15-5-4-10(7-15)12-14-13-11-3-2-9(8-17)6-16(11)12/h2-3,6,8,10H,4-5,7H2,1H3. The van der Waals surface area contributed by atoms with E-state index in [0.717, 1.165) is 37.3 Å². The fourth-order valence-corrected chi connectivity index (χ4v) is 2.42. The lowest BCUT2D eigenvalue weighted by Crippen LogP contribution is -2.14. The largest absolute Gasteiger partial charge is 0.306 e. The third-order valence-corrected chi connectivity index (χ3v) is 3.34. The summed E-state index contributed by atoms with van der Waals surface area (Å²) in [5.74, 6) is 1.38. The quantitative estimate of drug-likeness (QED) is 0.721. The van der Waals surface area contributed by atoms with Crippen LogP contribution in [0.25, 0.3) is 5.65 Å². The van der Waals surface area contributed by atoms with Crippen LogP contribution in [-0.2, 0) is 0 Å². The van der Waals surface area contributed by atoms with Gasteiger partial charge in [-0.05, 0) is 32.1 Å². The molecule has 1 aliphatic rings. The molecule has 2 aromatic rings. The Hall–Kier alpha value is -1.75.